The monoisotopic (exact) mass is 355 g/mol. The maximum absolute atomic E-state index is 12.5. The minimum Gasteiger partial charge on any atom is -0.348 e. The highest BCUT2D eigenvalue weighted by Crippen LogP contribution is 2.19. The Balaban J connectivity index is 1.31. The summed E-state index contributed by atoms with van der Waals surface area (Å²) in [5, 5.41) is 2.87. The quantitative estimate of drug-likeness (QED) is 0.820. The zero-order valence-electron chi connectivity index (χ0n) is 14.9. The summed E-state index contributed by atoms with van der Waals surface area (Å²) in [7, 11) is 0. The van der Waals surface area contributed by atoms with Gasteiger partial charge in [0.1, 0.15) is 5.82 Å². The van der Waals surface area contributed by atoms with Crippen molar-refractivity contribution in [1.82, 2.24) is 29.7 Å². The summed E-state index contributed by atoms with van der Waals surface area (Å²) in [6.07, 6.45) is 11.1. The van der Waals surface area contributed by atoms with Crippen molar-refractivity contribution in [3.05, 3.63) is 35.7 Å². The molecule has 2 amide bonds. The number of H-pyrrole nitrogens is 1. The van der Waals surface area contributed by atoms with Crippen LogP contribution in [0.4, 0.5) is 10.7 Å². The van der Waals surface area contributed by atoms with Crippen LogP contribution in [0.1, 0.15) is 36.3 Å². The molecule has 0 spiro atoms. The Morgan fingerprint density at radius 3 is 2.77 bits per heavy atom. The van der Waals surface area contributed by atoms with Crippen molar-refractivity contribution in [3.8, 4) is 0 Å². The largest absolute Gasteiger partial charge is 0.348 e. The van der Waals surface area contributed by atoms with Gasteiger partial charge >= 0.3 is 6.03 Å². The summed E-state index contributed by atoms with van der Waals surface area (Å²) in [6, 6.07) is -0.115. The van der Waals surface area contributed by atoms with Crippen LogP contribution in [0.5, 0.6) is 0 Å². The molecule has 3 heterocycles. The lowest BCUT2D eigenvalue weighted by Gasteiger charge is -2.34. The van der Waals surface area contributed by atoms with Crippen LogP contribution in [0, 0.1) is 0 Å². The van der Waals surface area contributed by atoms with Gasteiger partial charge < -0.3 is 9.88 Å². The third-order valence-electron chi connectivity index (χ3n) is 5.12. The lowest BCUT2D eigenvalue weighted by molar-refractivity contribution is 0.141. The van der Waals surface area contributed by atoms with Gasteiger partial charge in [0.25, 0.3) is 0 Å². The molecule has 0 atom stereocenters. The van der Waals surface area contributed by atoms with Crippen molar-refractivity contribution in [1.29, 1.82) is 0 Å². The summed E-state index contributed by atoms with van der Waals surface area (Å²) in [5.74, 6) is 1.38. The first-order valence-electron chi connectivity index (χ1n) is 9.39. The third-order valence-corrected chi connectivity index (χ3v) is 5.12. The van der Waals surface area contributed by atoms with Crippen LogP contribution < -0.4 is 5.32 Å². The van der Waals surface area contributed by atoms with Crippen LogP contribution in [0.15, 0.2) is 18.6 Å². The molecule has 0 unspecified atom stereocenters. The summed E-state index contributed by atoms with van der Waals surface area (Å²) < 4.78 is 0. The van der Waals surface area contributed by atoms with E-state index in [1.807, 2.05) is 17.3 Å². The number of hydrogen-bond acceptors (Lipinski definition) is 5. The Morgan fingerprint density at radius 2 is 1.96 bits per heavy atom. The zero-order chi connectivity index (χ0) is 17.8. The SMILES string of the molecule is O=C(Nc1ncc2c(n1)CCCCC2)N1CCN(Cc2ncc[nH]2)CC1. The maximum Gasteiger partial charge on any atom is 0.324 e. The molecule has 26 heavy (non-hydrogen) atoms. The minimum atomic E-state index is -0.115. The number of anilines is 1. The molecule has 2 aliphatic rings. The number of nitrogens with one attached hydrogen (secondary N) is 2. The second-order valence-electron chi connectivity index (χ2n) is 6.96. The summed E-state index contributed by atoms with van der Waals surface area (Å²) in [5.41, 5.74) is 2.32. The molecule has 1 aliphatic heterocycles. The molecule has 0 bridgehead atoms. The number of fused-ring (bicyclic) bond motifs is 1. The van der Waals surface area contributed by atoms with Gasteiger partial charge in [-0.1, -0.05) is 6.42 Å². The van der Waals surface area contributed by atoms with Crippen molar-refractivity contribution >= 4 is 12.0 Å². The van der Waals surface area contributed by atoms with Crippen molar-refractivity contribution in [2.75, 3.05) is 31.5 Å². The molecular formula is C18H25N7O. The molecule has 4 rings (SSSR count). The van der Waals surface area contributed by atoms with Gasteiger partial charge in [0.2, 0.25) is 5.95 Å². The first kappa shape index (κ1) is 17.0. The topological polar surface area (TPSA) is 90.0 Å². The van der Waals surface area contributed by atoms with Crippen LogP contribution in [-0.4, -0.2) is 61.9 Å². The first-order valence-corrected chi connectivity index (χ1v) is 9.39. The highest BCUT2D eigenvalue weighted by atomic mass is 16.2. The van der Waals surface area contributed by atoms with Gasteiger partial charge in [0.15, 0.2) is 0 Å². The normalized spacial score (nSPS) is 18.2. The standard InChI is InChI=1S/C18H25N7O/c26-18(23-17-21-12-14-4-2-1-3-5-15(14)22-17)25-10-8-24(9-11-25)13-16-19-6-7-20-16/h6-7,12H,1-5,8-11,13H2,(H,19,20)(H,21,22,23,26). The van der Waals surface area contributed by atoms with Gasteiger partial charge in [0.05, 0.1) is 6.54 Å². The van der Waals surface area contributed by atoms with Crippen LogP contribution in [0.3, 0.4) is 0 Å². The Bertz CT molecular complexity index is 738. The number of amides is 2. The zero-order valence-corrected chi connectivity index (χ0v) is 14.9. The molecule has 0 radical (unpaired) electrons. The van der Waals surface area contributed by atoms with Crippen molar-refractivity contribution in [3.63, 3.8) is 0 Å². The molecule has 1 aliphatic carbocycles. The van der Waals surface area contributed by atoms with Gasteiger partial charge in [-0.15, -0.1) is 0 Å². The number of aryl methyl sites for hydroxylation is 2. The maximum atomic E-state index is 12.5. The number of aromatic amines is 1. The number of carbonyl (C=O) groups is 1. The van der Waals surface area contributed by atoms with Crippen LogP contribution >= 0.6 is 0 Å². The number of imidazole rings is 1. The van der Waals surface area contributed by atoms with Crippen LogP contribution in [0.2, 0.25) is 0 Å². The Labute approximate surface area is 153 Å². The molecule has 8 heteroatoms. The summed E-state index contributed by atoms with van der Waals surface area (Å²) in [6.45, 7) is 3.84. The number of piperazine rings is 1. The van der Waals surface area contributed by atoms with E-state index in [-0.39, 0.29) is 6.03 Å². The number of rotatable bonds is 3. The smallest absolute Gasteiger partial charge is 0.324 e. The van der Waals surface area contributed by atoms with Gasteiger partial charge in [-0.3, -0.25) is 10.2 Å². The molecule has 0 saturated carbocycles. The average Bonchev–Trinajstić information content (AvgIpc) is 3.05. The summed E-state index contributed by atoms with van der Waals surface area (Å²) >= 11 is 0. The molecule has 2 aromatic rings. The van der Waals surface area contributed by atoms with E-state index in [9.17, 15) is 4.79 Å². The molecule has 1 fully saturated rings. The van der Waals surface area contributed by atoms with Crippen LogP contribution in [0.25, 0.3) is 0 Å². The van der Waals surface area contributed by atoms with E-state index in [1.165, 1.54) is 18.4 Å². The predicted octanol–water partition coefficient (Wildman–Crippen LogP) is 1.82. The molecule has 2 N–H and O–H groups in total. The minimum absolute atomic E-state index is 0.115. The van der Waals surface area contributed by atoms with Gasteiger partial charge in [-0.25, -0.2) is 19.7 Å². The van der Waals surface area contributed by atoms with E-state index in [0.717, 1.165) is 50.4 Å². The van der Waals surface area contributed by atoms with E-state index in [0.29, 0.717) is 19.0 Å². The number of nitrogens with zero attached hydrogens (tertiary/aromatic N) is 5. The van der Waals surface area contributed by atoms with E-state index < -0.39 is 0 Å². The fourth-order valence-electron chi connectivity index (χ4n) is 3.59. The lowest BCUT2D eigenvalue weighted by atomic mass is 10.1. The number of carbonyl (C=O) groups excluding carboxylic acids is 1. The molecular weight excluding hydrogens is 330 g/mol. The average molecular weight is 355 g/mol. The highest BCUT2D eigenvalue weighted by Gasteiger charge is 2.22. The number of urea groups is 1. The first-order chi connectivity index (χ1) is 12.8. The second kappa shape index (κ2) is 7.82. The summed E-state index contributed by atoms with van der Waals surface area (Å²) in [4.78, 5) is 32.9. The molecule has 138 valence electrons. The molecule has 8 nitrogen and oxygen atoms in total. The number of aromatic nitrogens is 4. The van der Waals surface area contributed by atoms with Crippen molar-refractivity contribution < 1.29 is 4.79 Å². The van der Waals surface area contributed by atoms with E-state index in [4.69, 9.17) is 0 Å². The Morgan fingerprint density at radius 1 is 1.12 bits per heavy atom. The molecule has 2 aromatic heterocycles. The van der Waals surface area contributed by atoms with E-state index in [2.05, 4.69) is 30.2 Å². The lowest BCUT2D eigenvalue weighted by Crippen LogP contribution is -2.49. The molecule has 1 saturated heterocycles. The highest BCUT2D eigenvalue weighted by molar-refractivity contribution is 5.87. The molecule has 0 aromatic carbocycles. The fraction of sp³-hybridized carbons (Fsp3) is 0.556. The Hall–Kier alpha value is -2.48. The van der Waals surface area contributed by atoms with Gasteiger partial charge in [-0.05, 0) is 31.2 Å². The van der Waals surface area contributed by atoms with Gasteiger partial charge in [0, 0.05) is 50.5 Å². The predicted molar refractivity (Wildman–Crippen MR) is 97.7 cm³/mol. The number of hydrogen-bond donors (Lipinski definition) is 2. The van der Waals surface area contributed by atoms with E-state index in [1.54, 1.807) is 6.20 Å². The van der Waals surface area contributed by atoms with Crippen molar-refractivity contribution in [2.24, 2.45) is 0 Å². The van der Waals surface area contributed by atoms with Crippen LogP contribution in [-0.2, 0) is 19.4 Å². The fourth-order valence-corrected chi connectivity index (χ4v) is 3.59. The van der Waals surface area contributed by atoms with Gasteiger partial charge in [-0.2, -0.15) is 0 Å². The van der Waals surface area contributed by atoms with E-state index >= 15 is 0 Å². The second-order valence-corrected chi connectivity index (χ2v) is 6.96. The third kappa shape index (κ3) is 4.01. The Kier molecular flexibility index (Phi) is 5.10. The van der Waals surface area contributed by atoms with Crippen molar-refractivity contribution in [2.45, 2.75) is 38.6 Å².